The first-order valence-electron chi connectivity index (χ1n) is 6.40. The Morgan fingerprint density at radius 3 is 2.43 bits per heavy atom. The maximum Gasteiger partial charge on any atom is 0.240 e. The van der Waals surface area contributed by atoms with Crippen molar-refractivity contribution in [3.63, 3.8) is 0 Å². The number of aromatic nitrogens is 1. The van der Waals surface area contributed by atoms with Crippen molar-refractivity contribution in [2.45, 2.75) is 25.3 Å². The monoisotopic (exact) mass is 304 g/mol. The fraction of sp³-hybridized carbons (Fsp3) is 0.200. The lowest BCUT2D eigenvalue weighted by atomic mass is 10.2. The van der Waals surface area contributed by atoms with Crippen molar-refractivity contribution in [3.05, 3.63) is 59.4 Å². The van der Waals surface area contributed by atoms with E-state index >= 15 is 0 Å². The van der Waals surface area contributed by atoms with E-state index < -0.39 is 10.0 Å². The molecule has 0 saturated carbocycles. The normalized spacial score (nSPS) is 11.3. The molecule has 0 aliphatic heterocycles. The number of sulfonamides is 1. The number of Topliss-reactive ketones (excluding diaryl/α,β-unsaturated/α-hetero) is 1. The van der Waals surface area contributed by atoms with Gasteiger partial charge in [-0.1, -0.05) is 12.1 Å². The van der Waals surface area contributed by atoms with Crippen molar-refractivity contribution in [3.8, 4) is 0 Å². The number of nitrogens with one attached hydrogen (secondary N) is 1. The number of pyridine rings is 1. The van der Waals surface area contributed by atoms with Gasteiger partial charge in [-0.3, -0.25) is 9.78 Å². The van der Waals surface area contributed by atoms with Crippen molar-refractivity contribution in [2.75, 3.05) is 0 Å². The highest BCUT2D eigenvalue weighted by molar-refractivity contribution is 7.89. The molecule has 6 heteroatoms. The molecule has 1 aromatic carbocycles. The molecule has 0 unspecified atom stereocenters. The Labute approximate surface area is 124 Å². The Morgan fingerprint density at radius 1 is 1.19 bits per heavy atom. The van der Waals surface area contributed by atoms with Crippen LogP contribution >= 0.6 is 0 Å². The van der Waals surface area contributed by atoms with E-state index in [0.29, 0.717) is 5.56 Å². The van der Waals surface area contributed by atoms with Gasteiger partial charge in [-0.15, -0.1) is 0 Å². The van der Waals surface area contributed by atoms with Gasteiger partial charge in [-0.25, -0.2) is 13.1 Å². The Bertz CT molecular complexity index is 753. The van der Waals surface area contributed by atoms with Crippen LogP contribution in [0.3, 0.4) is 0 Å². The van der Waals surface area contributed by atoms with E-state index in [0.717, 1.165) is 11.1 Å². The summed E-state index contributed by atoms with van der Waals surface area (Å²) < 4.78 is 26.9. The van der Waals surface area contributed by atoms with Crippen molar-refractivity contribution in [2.24, 2.45) is 0 Å². The molecule has 110 valence electrons. The summed E-state index contributed by atoms with van der Waals surface area (Å²) in [7, 11) is -3.61. The lowest BCUT2D eigenvalue weighted by molar-refractivity contribution is 0.101. The van der Waals surface area contributed by atoms with Gasteiger partial charge in [-0.05, 0) is 43.2 Å². The van der Waals surface area contributed by atoms with E-state index in [2.05, 4.69) is 9.71 Å². The number of nitrogens with zero attached hydrogens (tertiary/aromatic N) is 1. The molecule has 1 N–H and O–H groups in total. The number of hydrogen-bond acceptors (Lipinski definition) is 4. The maximum atomic E-state index is 12.2. The molecule has 0 amide bonds. The zero-order valence-corrected chi connectivity index (χ0v) is 12.6. The van der Waals surface area contributed by atoms with Gasteiger partial charge < -0.3 is 0 Å². The molecule has 0 atom stereocenters. The van der Waals surface area contributed by atoms with Crippen LogP contribution in [0.25, 0.3) is 0 Å². The number of benzene rings is 1. The summed E-state index contributed by atoms with van der Waals surface area (Å²) in [5.41, 5.74) is 2.28. The van der Waals surface area contributed by atoms with E-state index in [9.17, 15) is 13.2 Å². The van der Waals surface area contributed by atoms with Crippen LogP contribution in [0, 0.1) is 6.92 Å². The zero-order chi connectivity index (χ0) is 15.5. The van der Waals surface area contributed by atoms with E-state index in [1.807, 2.05) is 13.0 Å². The van der Waals surface area contributed by atoms with Crippen LogP contribution in [0.4, 0.5) is 0 Å². The summed E-state index contributed by atoms with van der Waals surface area (Å²) in [6.45, 7) is 3.51. The molecule has 5 nitrogen and oxygen atoms in total. The average Bonchev–Trinajstić information content (AvgIpc) is 2.46. The predicted molar refractivity (Wildman–Crippen MR) is 79.4 cm³/mol. The summed E-state index contributed by atoms with van der Waals surface area (Å²) in [6, 6.07) is 7.69. The van der Waals surface area contributed by atoms with Crippen molar-refractivity contribution >= 4 is 15.8 Å². The molecule has 0 spiro atoms. The molecule has 21 heavy (non-hydrogen) atoms. The standard InChI is InChI=1S/C15H16N2O3S/c1-11-7-8-16-9-14(11)10-17-21(19,20)15-5-3-13(4-6-15)12(2)18/h3-9,17H,10H2,1-2H3. The molecule has 0 radical (unpaired) electrons. The predicted octanol–water partition coefficient (Wildman–Crippen LogP) is 2.07. The minimum Gasteiger partial charge on any atom is -0.295 e. The van der Waals surface area contributed by atoms with Crippen LogP contribution in [0.5, 0.6) is 0 Å². The van der Waals surface area contributed by atoms with Gasteiger partial charge in [0.2, 0.25) is 10.0 Å². The third-order valence-corrected chi connectivity index (χ3v) is 4.59. The van der Waals surface area contributed by atoms with Gasteiger partial charge >= 0.3 is 0 Å². The minimum atomic E-state index is -3.61. The second kappa shape index (κ2) is 6.15. The smallest absolute Gasteiger partial charge is 0.240 e. The summed E-state index contributed by atoms with van der Waals surface area (Å²) in [5, 5.41) is 0. The van der Waals surface area contributed by atoms with Crippen molar-refractivity contribution < 1.29 is 13.2 Å². The number of ketones is 1. The third kappa shape index (κ3) is 3.74. The molecular weight excluding hydrogens is 288 g/mol. The van der Waals surface area contributed by atoms with Crippen LogP contribution < -0.4 is 4.72 Å². The molecule has 1 heterocycles. The van der Waals surface area contributed by atoms with E-state index in [1.165, 1.54) is 31.2 Å². The summed E-state index contributed by atoms with van der Waals surface area (Å²) in [6.07, 6.45) is 3.30. The summed E-state index contributed by atoms with van der Waals surface area (Å²) in [5.74, 6) is -0.0992. The first-order chi connectivity index (χ1) is 9.90. The summed E-state index contributed by atoms with van der Waals surface area (Å²) >= 11 is 0. The molecule has 0 fully saturated rings. The molecule has 2 rings (SSSR count). The second-order valence-corrected chi connectivity index (χ2v) is 6.47. The highest BCUT2D eigenvalue weighted by Gasteiger charge is 2.14. The fourth-order valence-electron chi connectivity index (χ4n) is 1.81. The Kier molecular flexibility index (Phi) is 4.50. The van der Waals surface area contributed by atoms with Gasteiger partial charge in [0, 0.05) is 24.5 Å². The quantitative estimate of drug-likeness (QED) is 0.858. The molecular formula is C15H16N2O3S. The van der Waals surface area contributed by atoms with Crippen LogP contribution in [-0.2, 0) is 16.6 Å². The number of carbonyl (C=O) groups excluding carboxylic acids is 1. The van der Waals surface area contributed by atoms with Crippen LogP contribution in [-0.4, -0.2) is 19.2 Å². The van der Waals surface area contributed by atoms with Gasteiger partial charge in [0.25, 0.3) is 0 Å². The number of aryl methyl sites for hydroxylation is 1. The van der Waals surface area contributed by atoms with Crippen molar-refractivity contribution in [1.29, 1.82) is 0 Å². The molecule has 0 aliphatic carbocycles. The lowest BCUT2D eigenvalue weighted by Crippen LogP contribution is -2.23. The SMILES string of the molecule is CC(=O)c1ccc(S(=O)(=O)NCc2cnccc2C)cc1. The highest BCUT2D eigenvalue weighted by Crippen LogP contribution is 2.12. The molecule has 2 aromatic rings. The second-order valence-electron chi connectivity index (χ2n) is 4.71. The van der Waals surface area contributed by atoms with Crippen LogP contribution in [0.2, 0.25) is 0 Å². The lowest BCUT2D eigenvalue weighted by Gasteiger charge is -2.08. The number of hydrogen-bond donors (Lipinski definition) is 1. The van der Waals surface area contributed by atoms with Crippen molar-refractivity contribution in [1.82, 2.24) is 9.71 Å². The largest absolute Gasteiger partial charge is 0.295 e. The molecule has 1 aromatic heterocycles. The Balaban J connectivity index is 2.15. The van der Waals surface area contributed by atoms with Gasteiger partial charge in [0.1, 0.15) is 0 Å². The van der Waals surface area contributed by atoms with E-state index in [1.54, 1.807) is 12.4 Å². The topological polar surface area (TPSA) is 76.1 Å². The Morgan fingerprint density at radius 2 is 1.86 bits per heavy atom. The summed E-state index contributed by atoms with van der Waals surface area (Å²) in [4.78, 5) is 15.3. The minimum absolute atomic E-state index is 0.0992. The first kappa shape index (κ1) is 15.3. The van der Waals surface area contributed by atoms with Crippen LogP contribution in [0.1, 0.15) is 28.4 Å². The van der Waals surface area contributed by atoms with Gasteiger partial charge in [0.15, 0.2) is 5.78 Å². The zero-order valence-electron chi connectivity index (χ0n) is 11.8. The molecule has 0 saturated heterocycles. The van der Waals surface area contributed by atoms with E-state index in [-0.39, 0.29) is 17.2 Å². The maximum absolute atomic E-state index is 12.2. The number of rotatable bonds is 5. The fourth-order valence-corrected chi connectivity index (χ4v) is 2.81. The van der Waals surface area contributed by atoms with Crippen LogP contribution in [0.15, 0.2) is 47.6 Å². The Hall–Kier alpha value is -2.05. The van der Waals surface area contributed by atoms with E-state index in [4.69, 9.17) is 0 Å². The average molecular weight is 304 g/mol. The first-order valence-corrected chi connectivity index (χ1v) is 7.88. The third-order valence-electron chi connectivity index (χ3n) is 3.17. The molecule has 0 bridgehead atoms. The van der Waals surface area contributed by atoms with Gasteiger partial charge in [-0.2, -0.15) is 0 Å². The highest BCUT2D eigenvalue weighted by atomic mass is 32.2. The number of carbonyl (C=O) groups is 1. The van der Waals surface area contributed by atoms with Gasteiger partial charge in [0.05, 0.1) is 4.90 Å². The molecule has 0 aliphatic rings.